The Balaban J connectivity index is 1.46. The molecule has 1 unspecified atom stereocenters. The molecule has 1 N–H and O–H groups in total. The van der Waals surface area contributed by atoms with E-state index >= 15 is 0 Å². The van der Waals surface area contributed by atoms with Crippen molar-refractivity contribution in [3.63, 3.8) is 0 Å². The van der Waals surface area contributed by atoms with Gasteiger partial charge in [-0.1, -0.05) is 12.1 Å². The lowest BCUT2D eigenvalue weighted by molar-refractivity contribution is 0.239. The summed E-state index contributed by atoms with van der Waals surface area (Å²) in [6, 6.07) is 7.73. The first kappa shape index (κ1) is 15.8. The van der Waals surface area contributed by atoms with E-state index in [0.717, 1.165) is 50.2 Å². The number of hydrogen-bond acceptors (Lipinski definition) is 4. The molecule has 0 saturated carbocycles. The molecule has 0 bridgehead atoms. The lowest BCUT2D eigenvalue weighted by atomic mass is 10.1. The van der Waals surface area contributed by atoms with Crippen molar-refractivity contribution in [3.05, 3.63) is 57.9 Å². The van der Waals surface area contributed by atoms with Gasteiger partial charge in [-0.2, -0.15) is 5.10 Å². The molecule has 0 aliphatic carbocycles. The van der Waals surface area contributed by atoms with E-state index in [-0.39, 0.29) is 11.6 Å². The van der Waals surface area contributed by atoms with Gasteiger partial charge in [0, 0.05) is 24.3 Å². The van der Waals surface area contributed by atoms with Crippen molar-refractivity contribution in [2.45, 2.75) is 51.2 Å². The summed E-state index contributed by atoms with van der Waals surface area (Å²) < 4.78 is 2.17. The predicted octanol–water partition coefficient (Wildman–Crippen LogP) is 2.79. The van der Waals surface area contributed by atoms with Gasteiger partial charge in [0.25, 0.3) is 5.56 Å². The SMILES string of the molecule is O=c1[nH]c(C2CCCN2Cc2cnn3c2CCCC3)nc2ccccc12. The molecule has 26 heavy (non-hydrogen) atoms. The second-order valence-electron chi connectivity index (χ2n) is 7.39. The Morgan fingerprint density at radius 3 is 3.04 bits per heavy atom. The molecule has 1 atom stereocenters. The maximum atomic E-state index is 12.4. The molecule has 1 aromatic carbocycles. The van der Waals surface area contributed by atoms with Crippen LogP contribution in [0, 0.1) is 0 Å². The van der Waals surface area contributed by atoms with Gasteiger partial charge in [-0.15, -0.1) is 0 Å². The highest BCUT2D eigenvalue weighted by Crippen LogP contribution is 2.32. The van der Waals surface area contributed by atoms with Crippen LogP contribution in [-0.4, -0.2) is 31.2 Å². The second kappa shape index (κ2) is 6.36. The zero-order valence-electron chi connectivity index (χ0n) is 14.8. The van der Waals surface area contributed by atoms with Crippen LogP contribution in [0.15, 0.2) is 35.3 Å². The molecule has 2 aliphatic rings. The minimum absolute atomic E-state index is 0.0413. The Labute approximate surface area is 151 Å². The molecule has 0 spiro atoms. The topological polar surface area (TPSA) is 66.8 Å². The number of aromatic nitrogens is 4. The van der Waals surface area contributed by atoms with E-state index in [4.69, 9.17) is 4.98 Å². The first-order valence-corrected chi connectivity index (χ1v) is 9.56. The number of para-hydroxylation sites is 1. The summed E-state index contributed by atoms with van der Waals surface area (Å²) in [4.78, 5) is 22.7. The van der Waals surface area contributed by atoms with E-state index < -0.39 is 0 Å². The average molecular weight is 349 g/mol. The lowest BCUT2D eigenvalue weighted by Gasteiger charge is -2.24. The maximum absolute atomic E-state index is 12.4. The Morgan fingerprint density at radius 2 is 2.08 bits per heavy atom. The van der Waals surface area contributed by atoms with Gasteiger partial charge >= 0.3 is 0 Å². The van der Waals surface area contributed by atoms with Crippen molar-refractivity contribution in [1.29, 1.82) is 0 Å². The lowest BCUT2D eigenvalue weighted by Crippen LogP contribution is -2.27. The van der Waals surface area contributed by atoms with Crippen LogP contribution in [0.1, 0.15) is 48.8 Å². The standard InChI is InChI=1S/C20H23N5O/c26-20-15-6-1-2-7-16(15)22-19(23-20)18-9-5-10-24(18)13-14-12-21-25-11-4-3-8-17(14)25/h1-2,6-7,12,18H,3-5,8-11,13H2,(H,22,23,26). The molecule has 4 heterocycles. The monoisotopic (exact) mass is 349 g/mol. The molecule has 0 radical (unpaired) electrons. The Morgan fingerprint density at radius 1 is 1.15 bits per heavy atom. The summed E-state index contributed by atoms with van der Waals surface area (Å²) in [5.41, 5.74) is 3.46. The second-order valence-corrected chi connectivity index (χ2v) is 7.39. The minimum Gasteiger partial charge on any atom is -0.309 e. The molecule has 1 fully saturated rings. The number of aryl methyl sites for hydroxylation is 1. The van der Waals surface area contributed by atoms with Crippen LogP contribution < -0.4 is 5.56 Å². The molecule has 6 heteroatoms. The number of H-pyrrole nitrogens is 1. The third kappa shape index (κ3) is 2.65. The van der Waals surface area contributed by atoms with E-state index in [1.165, 1.54) is 24.1 Å². The molecular formula is C20H23N5O. The fourth-order valence-corrected chi connectivity index (χ4v) is 4.42. The number of nitrogens with one attached hydrogen (secondary N) is 1. The molecule has 0 amide bonds. The van der Waals surface area contributed by atoms with Gasteiger partial charge in [0.15, 0.2) is 0 Å². The van der Waals surface area contributed by atoms with Gasteiger partial charge in [0.05, 0.1) is 23.1 Å². The van der Waals surface area contributed by atoms with Crippen LogP contribution in [0.25, 0.3) is 10.9 Å². The quantitative estimate of drug-likeness (QED) is 0.790. The number of nitrogens with zero attached hydrogens (tertiary/aromatic N) is 4. The van der Waals surface area contributed by atoms with Crippen molar-refractivity contribution < 1.29 is 0 Å². The predicted molar refractivity (Wildman–Crippen MR) is 99.9 cm³/mol. The number of likely N-dealkylation sites (tertiary alicyclic amines) is 1. The smallest absolute Gasteiger partial charge is 0.258 e. The van der Waals surface area contributed by atoms with Gasteiger partial charge in [-0.05, 0) is 50.8 Å². The fraction of sp³-hybridized carbons (Fsp3) is 0.450. The van der Waals surface area contributed by atoms with Crippen LogP contribution in [0.5, 0.6) is 0 Å². The van der Waals surface area contributed by atoms with Crippen molar-refractivity contribution in [2.24, 2.45) is 0 Å². The number of rotatable bonds is 3. The van der Waals surface area contributed by atoms with Crippen LogP contribution in [0.2, 0.25) is 0 Å². The molecule has 1 saturated heterocycles. The normalized spacial score (nSPS) is 20.5. The molecule has 3 aromatic rings. The van der Waals surface area contributed by atoms with Gasteiger partial charge in [-0.3, -0.25) is 14.4 Å². The molecule has 5 rings (SSSR count). The summed E-state index contributed by atoms with van der Waals surface area (Å²) in [6.07, 6.45) is 7.80. The van der Waals surface area contributed by atoms with Crippen molar-refractivity contribution in [1.82, 2.24) is 24.6 Å². The average Bonchev–Trinajstić information content (AvgIpc) is 3.30. The van der Waals surface area contributed by atoms with Crippen LogP contribution in [0.4, 0.5) is 0 Å². The van der Waals surface area contributed by atoms with Gasteiger partial charge in [-0.25, -0.2) is 4.98 Å². The molecular weight excluding hydrogens is 326 g/mol. The molecule has 6 nitrogen and oxygen atoms in total. The summed E-state index contributed by atoms with van der Waals surface area (Å²) in [5, 5.41) is 5.23. The Hall–Kier alpha value is -2.47. The van der Waals surface area contributed by atoms with Crippen LogP contribution in [-0.2, 0) is 19.5 Å². The van der Waals surface area contributed by atoms with E-state index in [9.17, 15) is 4.79 Å². The summed E-state index contributed by atoms with van der Waals surface area (Å²) >= 11 is 0. The highest BCUT2D eigenvalue weighted by Gasteiger charge is 2.29. The Kier molecular flexibility index (Phi) is 3.85. The zero-order chi connectivity index (χ0) is 17.5. The highest BCUT2D eigenvalue weighted by atomic mass is 16.1. The third-order valence-electron chi connectivity index (χ3n) is 5.75. The van der Waals surface area contributed by atoms with Crippen molar-refractivity contribution in [2.75, 3.05) is 6.54 Å². The first-order valence-electron chi connectivity index (χ1n) is 9.56. The molecule has 134 valence electrons. The number of fused-ring (bicyclic) bond motifs is 2. The van der Waals surface area contributed by atoms with Crippen molar-refractivity contribution in [3.8, 4) is 0 Å². The number of hydrogen-bond donors (Lipinski definition) is 1. The summed E-state index contributed by atoms with van der Waals surface area (Å²) in [5.74, 6) is 0.798. The van der Waals surface area contributed by atoms with E-state index in [2.05, 4.69) is 19.7 Å². The largest absolute Gasteiger partial charge is 0.309 e. The van der Waals surface area contributed by atoms with Crippen molar-refractivity contribution >= 4 is 10.9 Å². The maximum Gasteiger partial charge on any atom is 0.258 e. The zero-order valence-corrected chi connectivity index (χ0v) is 14.8. The molecule has 2 aromatic heterocycles. The fourth-order valence-electron chi connectivity index (χ4n) is 4.42. The van der Waals surface area contributed by atoms with E-state index in [1.807, 2.05) is 30.5 Å². The first-order chi connectivity index (χ1) is 12.8. The van der Waals surface area contributed by atoms with E-state index in [0.29, 0.717) is 5.39 Å². The highest BCUT2D eigenvalue weighted by molar-refractivity contribution is 5.77. The summed E-state index contributed by atoms with van der Waals surface area (Å²) in [6.45, 7) is 2.96. The van der Waals surface area contributed by atoms with Gasteiger partial charge < -0.3 is 4.98 Å². The summed E-state index contributed by atoms with van der Waals surface area (Å²) in [7, 11) is 0. The third-order valence-corrected chi connectivity index (χ3v) is 5.75. The van der Waals surface area contributed by atoms with Gasteiger partial charge in [0.1, 0.15) is 5.82 Å². The van der Waals surface area contributed by atoms with Gasteiger partial charge in [0.2, 0.25) is 0 Å². The van der Waals surface area contributed by atoms with E-state index in [1.54, 1.807) is 0 Å². The molecule has 2 aliphatic heterocycles. The van der Waals surface area contributed by atoms with Crippen LogP contribution >= 0.6 is 0 Å². The minimum atomic E-state index is -0.0413. The Bertz CT molecular complexity index is 1000. The number of benzene rings is 1. The number of aromatic amines is 1. The van der Waals surface area contributed by atoms with Crippen LogP contribution in [0.3, 0.4) is 0 Å².